The van der Waals surface area contributed by atoms with E-state index in [-0.39, 0.29) is 12.0 Å². The van der Waals surface area contributed by atoms with Gasteiger partial charge < -0.3 is 0 Å². The van der Waals surface area contributed by atoms with Crippen LogP contribution in [0.4, 0.5) is 22.0 Å². The number of alkyl halides is 5. The minimum Gasteiger partial charge on any atom is -0.187 e. The molecule has 17 heavy (non-hydrogen) atoms. The van der Waals surface area contributed by atoms with E-state index in [0.29, 0.717) is 0 Å². The number of aromatic nitrogens is 4. The van der Waals surface area contributed by atoms with Crippen molar-refractivity contribution in [2.75, 3.05) is 0 Å². The first kappa shape index (κ1) is 13.8. The van der Waals surface area contributed by atoms with Crippen LogP contribution in [0.5, 0.6) is 0 Å². The zero-order valence-electron chi connectivity index (χ0n) is 9.39. The van der Waals surface area contributed by atoms with Crippen LogP contribution in [0, 0.1) is 5.41 Å². The lowest BCUT2D eigenvalue weighted by Crippen LogP contribution is -2.35. The summed E-state index contributed by atoms with van der Waals surface area (Å²) in [5, 5.41) is 8.99. The molecular weight excluding hydrogens is 247 g/mol. The van der Waals surface area contributed by atoms with Crippen molar-refractivity contribution in [2.45, 2.75) is 39.4 Å². The third-order valence-electron chi connectivity index (χ3n) is 1.71. The van der Waals surface area contributed by atoms with Crippen molar-refractivity contribution < 1.29 is 22.0 Å². The van der Waals surface area contributed by atoms with Gasteiger partial charge in [-0.25, -0.2) is 0 Å². The number of hydrogen-bond acceptors (Lipinski definition) is 3. The highest BCUT2D eigenvalue weighted by molar-refractivity contribution is 4.95. The molecule has 0 fully saturated rings. The monoisotopic (exact) mass is 258 g/mol. The molecule has 0 saturated carbocycles. The highest BCUT2D eigenvalue weighted by atomic mass is 19.4. The summed E-state index contributed by atoms with van der Waals surface area (Å²) in [4.78, 5) is 0.731. The van der Waals surface area contributed by atoms with Gasteiger partial charge in [0.25, 0.3) is 5.82 Å². The van der Waals surface area contributed by atoms with Gasteiger partial charge in [-0.15, -0.1) is 10.2 Å². The largest absolute Gasteiger partial charge is 0.461 e. The van der Waals surface area contributed by atoms with Crippen molar-refractivity contribution in [3.8, 4) is 0 Å². The van der Waals surface area contributed by atoms with E-state index in [1.165, 1.54) is 0 Å². The lowest BCUT2D eigenvalue weighted by Gasteiger charge is -2.17. The Morgan fingerprint density at radius 1 is 1.06 bits per heavy atom. The molecule has 0 N–H and O–H groups in total. The van der Waals surface area contributed by atoms with Crippen molar-refractivity contribution in [3.63, 3.8) is 0 Å². The molecule has 0 amide bonds. The van der Waals surface area contributed by atoms with Gasteiger partial charge in [-0.05, 0) is 10.6 Å². The molecule has 0 aliphatic rings. The summed E-state index contributed by atoms with van der Waals surface area (Å²) in [6.45, 7) is 5.38. The van der Waals surface area contributed by atoms with Gasteiger partial charge in [0.1, 0.15) is 0 Å². The summed E-state index contributed by atoms with van der Waals surface area (Å²) in [7, 11) is 0. The average Bonchev–Trinajstić information content (AvgIpc) is 2.47. The maximum absolute atomic E-state index is 12.8. The van der Waals surface area contributed by atoms with Gasteiger partial charge in [-0.3, -0.25) is 0 Å². The van der Waals surface area contributed by atoms with Crippen LogP contribution in [-0.4, -0.2) is 26.4 Å². The molecule has 0 unspecified atom stereocenters. The van der Waals surface area contributed by atoms with E-state index in [1.54, 1.807) is 20.8 Å². The summed E-state index contributed by atoms with van der Waals surface area (Å²) >= 11 is 0. The smallest absolute Gasteiger partial charge is 0.187 e. The average molecular weight is 258 g/mol. The van der Waals surface area contributed by atoms with Gasteiger partial charge in [0.05, 0.1) is 6.54 Å². The first-order valence-electron chi connectivity index (χ1n) is 4.66. The van der Waals surface area contributed by atoms with Gasteiger partial charge in [0.2, 0.25) is 0 Å². The highest BCUT2D eigenvalue weighted by Crippen LogP contribution is 2.41. The fourth-order valence-corrected chi connectivity index (χ4v) is 0.987. The molecule has 9 heteroatoms. The van der Waals surface area contributed by atoms with E-state index >= 15 is 0 Å². The molecule has 0 radical (unpaired) electrons. The van der Waals surface area contributed by atoms with Gasteiger partial charge in [0, 0.05) is 0 Å². The Kier molecular flexibility index (Phi) is 3.15. The second kappa shape index (κ2) is 3.88. The molecule has 0 aliphatic heterocycles. The maximum atomic E-state index is 12.8. The van der Waals surface area contributed by atoms with E-state index in [4.69, 9.17) is 0 Å². The summed E-state index contributed by atoms with van der Waals surface area (Å²) in [6.07, 6.45) is -5.72. The molecule has 0 aromatic carbocycles. The van der Waals surface area contributed by atoms with Crippen molar-refractivity contribution in [2.24, 2.45) is 5.41 Å². The van der Waals surface area contributed by atoms with Crippen molar-refractivity contribution in [1.82, 2.24) is 20.2 Å². The zero-order valence-corrected chi connectivity index (χ0v) is 9.39. The lowest BCUT2D eigenvalue weighted by molar-refractivity contribution is -0.292. The molecule has 0 atom stereocenters. The molecule has 1 aromatic heterocycles. The fourth-order valence-electron chi connectivity index (χ4n) is 0.987. The third-order valence-corrected chi connectivity index (χ3v) is 1.71. The lowest BCUT2D eigenvalue weighted by atomic mass is 9.97. The summed E-state index contributed by atoms with van der Waals surface area (Å²) < 4.78 is 61.6. The summed E-state index contributed by atoms with van der Waals surface area (Å²) in [5.74, 6) is -6.71. The number of rotatable bonds is 2. The molecule has 0 saturated heterocycles. The molecule has 98 valence electrons. The van der Waals surface area contributed by atoms with Gasteiger partial charge in [0.15, 0.2) is 0 Å². The van der Waals surface area contributed by atoms with Crippen LogP contribution < -0.4 is 0 Å². The first-order chi connectivity index (χ1) is 7.43. The minimum absolute atomic E-state index is 0.0912. The number of hydrogen-bond donors (Lipinski definition) is 0. The number of nitrogens with zero attached hydrogens (tertiary/aromatic N) is 4. The third kappa shape index (κ3) is 3.10. The van der Waals surface area contributed by atoms with E-state index in [1.807, 2.05) is 0 Å². The Bertz CT molecular complexity index is 389. The second-order valence-corrected chi connectivity index (χ2v) is 4.78. The minimum atomic E-state index is -5.72. The number of halogens is 5. The molecule has 0 spiro atoms. The summed E-state index contributed by atoms with van der Waals surface area (Å²) in [6, 6.07) is 0. The molecule has 0 bridgehead atoms. The maximum Gasteiger partial charge on any atom is 0.461 e. The van der Waals surface area contributed by atoms with Crippen LogP contribution in [0.25, 0.3) is 0 Å². The Balaban J connectivity index is 2.96. The quantitative estimate of drug-likeness (QED) is 0.765. The zero-order chi connectivity index (χ0) is 13.5. The van der Waals surface area contributed by atoms with E-state index < -0.39 is 17.9 Å². The van der Waals surface area contributed by atoms with Crippen LogP contribution in [-0.2, 0) is 12.5 Å². The van der Waals surface area contributed by atoms with E-state index in [0.717, 1.165) is 4.80 Å². The van der Waals surface area contributed by atoms with Crippen LogP contribution in [0.3, 0.4) is 0 Å². The standard InChI is InChI=1S/C8H11F5N4/c1-6(2,3)4-17-15-5(14-16-17)7(9,10)8(11,12)13/h4H2,1-3H3. The Morgan fingerprint density at radius 3 is 2.00 bits per heavy atom. The Labute approximate surface area is 93.8 Å². The molecule has 4 nitrogen and oxygen atoms in total. The fraction of sp³-hybridized carbons (Fsp3) is 0.875. The van der Waals surface area contributed by atoms with E-state index in [9.17, 15) is 22.0 Å². The van der Waals surface area contributed by atoms with Crippen molar-refractivity contribution in [3.05, 3.63) is 5.82 Å². The molecule has 0 aliphatic carbocycles. The summed E-state index contributed by atoms with van der Waals surface area (Å²) in [5.41, 5.74) is -0.356. The number of tetrazole rings is 1. The highest BCUT2D eigenvalue weighted by Gasteiger charge is 2.62. The van der Waals surface area contributed by atoms with Gasteiger partial charge in [-0.1, -0.05) is 20.8 Å². The van der Waals surface area contributed by atoms with Crippen LogP contribution in [0.1, 0.15) is 26.6 Å². The second-order valence-electron chi connectivity index (χ2n) is 4.78. The predicted octanol–water partition coefficient (Wildman–Crippen LogP) is 2.37. The Morgan fingerprint density at radius 2 is 1.59 bits per heavy atom. The Hall–Kier alpha value is -1.28. The van der Waals surface area contributed by atoms with Crippen molar-refractivity contribution >= 4 is 0 Å². The first-order valence-corrected chi connectivity index (χ1v) is 4.66. The van der Waals surface area contributed by atoms with Gasteiger partial charge in [-0.2, -0.15) is 26.7 Å². The van der Waals surface area contributed by atoms with Crippen LogP contribution in [0.15, 0.2) is 0 Å². The topological polar surface area (TPSA) is 43.6 Å². The van der Waals surface area contributed by atoms with E-state index in [2.05, 4.69) is 15.4 Å². The molecule has 1 aromatic rings. The molecular formula is C8H11F5N4. The van der Waals surface area contributed by atoms with Gasteiger partial charge >= 0.3 is 12.1 Å². The predicted molar refractivity (Wildman–Crippen MR) is 47.2 cm³/mol. The SMILES string of the molecule is CC(C)(C)Cn1nnc(C(F)(F)C(F)(F)F)n1. The van der Waals surface area contributed by atoms with Crippen LogP contribution in [0.2, 0.25) is 0 Å². The normalized spacial score (nSPS) is 14.1. The van der Waals surface area contributed by atoms with Crippen molar-refractivity contribution in [1.29, 1.82) is 0 Å². The molecule has 1 rings (SSSR count). The molecule has 1 heterocycles. The van der Waals surface area contributed by atoms with Crippen LogP contribution >= 0.6 is 0 Å².